The lowest BCUT2D eigenvalue weighted by Crippen LogP contribution is -2.39. The number of ether oxygens (including phenoxy) is 1. The van der Waals surface area contributed by atoms with Crippen LogP contribution in [0.3, 0.4) is 0 Å². The van der Waals surface area contributed by atoms with Gasteiger partial charge in [0.05, 0.1) is 6.61 Å². The highest BCUT2D eigenvalue weighted by atomic mass is 16.5. The van der Waals surface area contributed by atoms with Gasteiger partial charge in [-0.05, 0) is 45.3 Å². The number of nitrogens with zero attached hydrogens (tertiary/aromatic N) is 1. The fraction of sp³-hybridized carbons (Fsp3) is 1.00. The Hall–Kier alpha value is -0.120. The molecular formula is C11H22N2O. The average molecular weight is 198 g/mol. The largest absolute Gasteiger partial charge is 0.380 e. The van der Waals surface area contributed by atoms with Crippen molar-refractivity contribution in [2.24, 2.45) is 5.92 Å². The summed E-state index contributed by atoms with van der Waals surface area (Å²) in [5, 5.41) is 3.41. The van der Waals surface area contributed by atoms with Gasteiger partial charge in [-0.2, -0.15) is 0 Å². The number of likely N-dealkylation sites (N-methyl/N-ethyl adjacent to an activating group) is 1. The van der Waals surface area contributed by atoms with E-state index in [0.717, 1.165) is 19.1 Å². The highest BCUT2D eigenvalue weighted by Crippen LogP contribution is 2.17. The molecule has 82 valence electrons. The van der Waals surface area contributed by atoms with Crippen LogP contribution in [0.2, 0.25) is 0 Å². The van der Waals surface area contributed by atoms with Crippen LogP contribution < -0.4 is 5.32 Å². The number of hydrogen-bond donors (Lipinski definition) is 1. The molecule has 2 rings (SSSR count). The van der Waals surface area contributed by atoms with Crippen LogP contribution in [0.5, 0.6) is 0 Å². The molecule has 0 saturated carbocycles. The molecule has 0 aliphatic carbocycles. The quantitative estimate of drug-likeness (QED) is 0.723. The first kappa shape index (κ1) is 10.4. The van der Waals surface area contributed by atoms with E-state index in [4.69, 9.17) is 4.74 Å². The van der Waals surface area contributed by atoms with Crippen molar-refractivity contribution >= 4 is 0 Å². The fourth-order valence-corrected chi connectivity index (χ4v) is 2.49. The summed E-state index contributed by atoms with van der Waals surface area (Å²) in [7, 11) is 2.25. The molecule has 3 nitrogen and oxygen atoms in total. The first-order valence-corrected chi connectivity index (χ1v) is 5.85. The van der Waals surface area contributed by atoms with Crippen LogP contribution in [-0.2, 0) is 4.74 Å². The predicted molar refractivity (Wildman–Crippen MR) is 57.4 cm³/mol. The second-order valence-corrected chi connectivity index (χ2v) is 4.65. The summed E-state index contributed by atoms with van der Waals surface area (Å²) in [5.74, 6) is 0.904. The van der Waals surface area contributed by atoms with E-state index in [-0.39, 0.29) is 0 Å². The molecule has 0 aromatic carbocycles. The molecule has 0 aromatic heterocycles. The zero-order valence-electron chi connectivity index (χ0n) is 9.17. The summed E-state index contributed by atoms with van der Waals surface area (Å²) < 4.78 is 5.41. The van der Waals surface area contributed by atoms with Crippen molar-refractivity contribution in [2.45, 2.75) is 25.3 Å². The molecule has 2 heterocycles. The summed E-state index contributed by atoms with van der Waals surface area (Å²) in [4.78, 5) is 2.50. The van der Waals surface area contributed by atoms with Gasteiger partial charge in [0.15, 0.2) is 0 Å². The van der Waals surface area contributed by atoms with Gasteiger partial charge in [0, 0.05) is 19.2 Å². The van der Waals surface area contributed by atoms with E-state index >= 15 is 0 Å². The molecule has 2 aliphatic heterocycles. The van der Waals surface area contributed by atoms with Gasteiger partial charge in [-0.25, -0.2) is 0 Å². The molecule has 1 N–H and O–H groups in total. The molecule has 0 radical (unpaired) electrons. The summed E-state index contributed by atoms with van der Waals surface area (Å²) in [5.41, 5.74) is 0. The highest BCUT2D eigenvalue weighted by molar-refractivity contribution is 4.77. The minimum atomic E-state index is 0.685. The van der Waals surface area contributed by atoms with Crippen LogP contribution in [0.4, 0.5) is 0 Å². The minimum absolute atomic E-state index is 0.685. The second kappa shape index (κ2) is 5.10. The van der Waals surface area contributed by atoms with Gasteiger partial charge in [0.2, 0.25) is 0 Å². The highest BCUT2D eigenvalue weighted by Gasteiger charge is 2.23. The lowest BCUT2D eigenvalue weighted by molar-refractivity contribution is 0.143. The molecular weight excluding hydrogens is 176 g/mol. The van der Waals surface area contributed by atoms with Gasteiger partial charge in [-0.1, -0.05) is 0 Å². The first-order chi connectivity index (χ1) is 6.86. The van der Waals surface area contributed by atoms with E-state index in [1.54, 1.807) is 0 Å². The number of piperidine rings is 1. The number of rotatable bonds is 3. The maximum atomic E-state index is 5.41. The van der Waals surface area contributed by atoms with E-state index in [0.29, 0.717) is 6.04 Å². The third-order valence-electron chi connectivity index (χ3n) is 3.53. The second-order valence-electron chi connectivity index (χ2n) is 4.65. The van der Waals surface area contributed by atoms with Gasteiger partial charge in [0.1, 0.15) is 0 Å². The predicted octanol–water partition coefficient (Wildman–Crippen LogP) is 0.707. The molecule has 1 unspecified atom stereocenters. The Kier molecular flexibility index (Phi) is 3.79. The van der Waals surface area contributed by atoms with Crippen LogP contribution in [0.15, 0.2) is 0 Å². The Bertz CT molecular complexity index is 163. The summed E-state index contributed by atoms with van der Waals surface area (Å²) in [6.07, 6.45) is 3.91. The Labute approximate surface area is 86.8 Å². The van der Waals surface area contributed by atoms with Crippen molar-refractivity contribution in [3.8, 4) is 0 Å². The molecule has 0 amide bonds. The molecule has 0 aromatic rings. The van der Waals surface area contributed by atoms with Crippen molar-refractivity contribution in [3.63, 3.8) is 0 Å². The van der Waals surface area contributed by atoms with Gasteiger partial charge in [-0.3, -0.25) is 0 Å². The Morgan fingerprint density at radius 2 is 2.07 bits per heavy atom. The van der Waals surface area contributed by atoms with Gasteiger partial charge in [0.25, 0.3) is 0 Å². The maximum absolute atomic E-state index is 5.41. The molecule has 2 fully saturated rings. The topological polar surface area (TPSA) is 24.5 Å². The van der Waals surface area contributed by atoms with E-state index in [1.807, 2.05) is 0 Å². The summed E-state index contributed by atoms with van der Waals surface area (Å²) in [6, 6.07) is 0.685. The van der Waals surface area contributed by atoms with Crippen LogP contribution >= 0.6 is 0 Å². The minimum Gasteiger partial charge on any atom is -0.380 e. The monoisotopic (exact) mass is 198 g/mol. The lowest BCUT2D eigenvalue weighted by Gasteiger charge is -2.30. The Balaban J connectivity index is 1.72. The summed E-state index contributed by atoms with van der Waals surface area (Å²) >= 11 is 0. The SMILES string of the molecule is CN(CC1CCNCC1)C1CCOC1. The van der Waals surface area contributed by atoms with E-state index in [9.17, 15) is 0 Å². The summed E-state index contributed by atoms with van der Waals surface area (Å²) in [6.45, 7) is 5.58. The zero-order valence-corrected chi connectivity index (χ0v) is 9.17. The Morgan fingerprint density at radius 1 is 1.29 bits per heavy atom. The van der Waals surface area contributed by atoms with Crippen molar-refractivity contribution in [3.05, 3.63) is 0 Å². The standard InChI is InChI=1S/C11H22N2O/c1-13(11-4-7-14-9-11)8-10-2-5-12-6-3-10/h10-12H,2-9H2,1H3. The zero-order chi connectivity index (χ0) is 9.80. The van der Waals surface area contributed by atoms with Crippen molar-refractivity contribution < 1.29 is 4.74 Å². The van der Waals surface area contributed by atoms with E-state index < -0.39 is 0 Å². The average Bonchev–Trinajstić information content (AvgIpc) is 2.72. The number of nitrogens with one attached hydrogen (secondary N) is 1. The van der Waals surface area contributed by atoms with Gasteiger partial charge in [-0.15, -0.1) is 0 Å². The van der Waals surface area contributed by atoms with E-state index in [2.05, 4.69) is 17.3 Å². The van der Waals surface area contributed by atoms with Crippen LogP contribution in [-0.4, -0.2) is 50.8 Å². The van der Waals surface area contributed by atoms with Gasteiger partial charge < -0.3 is 15.0 Å². The number of hydrogen-bond acceptors (Lipinski definition) is 3. The van der Waals surface area contributed by atoms with Crippen LogP contribution in [0.1, 0.15) is 19.3 Å². The smallest absolute Gasteiger partial charge is 0.0622 e. The first-order valence-electron chi connectivity index (χ1n) is 5.85. The van der Waals surface area contributed by atoms with Crippen LogP contribution in [0.25, 0.3) is 0 Å². The fourth-order valence-electron chi connectivity index (χ4n) is 2.49. The van der Waals surface area contributed by atoms with Crippen molar-refractivity contribution in [2.75, 3.05) is 39.9 Å². The molecule has 2 aliphatic rings. The van der Waals surface area contributed by atoms with Gasteiger partial charge >= 0.3 is 0 Å². The van der Waals surface area contributed by atoms with Crippen LogP contribution in [0, 0.1) is 5.92 Å². The van der Waals surface area contributed by atoms with E-state index in [1.165, 1.54) is 38.9 Å². The maximum Gasteiger partial charge on any atom is 0.0622 e. The molecule has 2 saturated heterocycles. The molecule has 1 atom stereocenters. The normalized spacial score (nSPS) is 30.0. The molecule has 14 heavy (non-hydrogen) atoms. The lowest BCUT2D eigenvalue weighted by atomic mass is 9.97. The molecule has 3 heteroatoms. The van der Waals surface area contributed by atoms with Crippen molar-refractivity contribution in [1.29, 1.82) is 0 Å². The Morgan fingerprint density at radius 3 is 2.71 bits per heavy atom. The third-order valence-corrected chi connectivity index (χ3v) is 3.53. The third kappa shape index (κ3) is 2.69. The van der Waals surface area contributed by atoms with Crippen molar-refractivity contribution in [1.82, 2.24) is 10.2 Å². The molecule has 0 spiro atoms. The molecule has 0 bridgehead atoms.